The van der Waals surface area contributed by atoms with Gasteiger partial charge < -0.3 is 9.47 Å². The molecule has 0 spiro atoms. The maximum Gasteiger partial charge on any atom is 0.255 e. The number of carbonyl (C=O) groups excluding carboxylic acids is 1. The molecule has 1 amide bonds. The fourth-order valence-corrected chi connectivity index (χ4v) is 4.36. The second kappa shape index (κ2) is 8.11. The highest BCUT2D eigenvalue weighted by Crippen LogP contribution is 2.26. The minimum Gasteiger partial charge on any atom is -0.335 e. The lowest BCUT2D eigenvalue weighted by Gasteiger charge is -2.25. The lowest BCUT2D eigenvalue weighted by atomic mass is 10.1. The lowest BCUT2D eigenvalue weighted by Crippen LogP contribution is -2.30. The van der Waals surface area contributed by atoms with Gasteiger partial charge in [0.15, 0.2) is 9.84 Å². The molecule has 6 heteroatoms. The molecule has 1 atom stereocenters. The largest absolute Gasteiger partial charge is 0.335 e. The van der Waals surface area contributed by atoms with Crippen LogP contribution in [0.3, 0.4) is 0 Å². The molecule has 5 nitrogen and oxygen atoms in total. The predicted octanol–water partition coefficient (Wildman–Crippen LogP) is 4.64. The van der Waals surface area contributed by atoms with Gasteiger partial charge in [0.1, 0.15) is 0 Å². The van der Waals surface area contributed by atoms with Crippen LogP contribution in [0.5, 0.6) is 0 Å². The summed E-state index contributed by atoms with van der Waals surface area (Å²) in [7, 11) is -1.47. The Balaban J connectivity index is 1.90. The van der Waals surface area contributed by atoms with Crippen LogP contribution in [0, 0.1) is 20.8 Å². The first-order valence-electron chi connectivity index (χ1n) is 9.84. The van der Waals surface area contributed by atoms with Gasteiger partial charge in [0.2, 0.25) is 0 Å². The molecule has 0 saturated heterocycles. The van der Waals surface area contributed by atoms with E-state index in [-0.39, 0.29) is 16.8 Å². The standard InChI is InChI=1S/C24H28N2O3S/c1-16-8-7-9-21(14-16)26-17(2)15-23(19(26)4)24(27)25(5)18(3)20-10-12-22(13-11-20)30(6,28)29/h7-15,18H,1-6H3/t18-/m0/s1. The van der Waals surface area contributed by atoms with Crippen molar-refractivity contribution in [1.29, 1.82) is 0 Å². The Kier molecular flexibility index (Phi) is 5.90. The van der Waals surface area contributed by atoms with Crippen molar-refractivity contribution >= 4 is 15.7 Å². The van der Waals surface area contributed by atoms with Gasteiger partial charge >= 0.3 is 0 Å². The number of hydrogen-bond donors (Lipinski definition) is 0. The molecule has 3 aromatic rings. The van der Waals surface area contributed by atoms with Crippen LogP contribution in [0.4, 0.5) is 0 Å². The Labute approximate surface area is 178 Å². The van der Waals surface area contributed by atoms with E-state index in [4.69, 9.17) is 0 Å². The summed E-state index contributed by atoms with van der Waals surface area (Å²) in [6.07, 6.45) is 1.19. The Morgan fingerprint density at radius 3 is 2.20 bits per heavy atom. The van der Waals surface area contributed by atoms with Crippen LogP contribution in [-0.4, -0.2) is 37.1 Å². The van der Waals surface area contributed by atoms with Gasteiger partial charge in [0, 0.05) is 30.4 Å². The van der Waals surface area contributed by atoms with Crippen LogP contribution in [0.1, 0.15) is 45.8 Å². The van der Waals surface area contributed by atoms with Crippen molar-refractivity contribution < 1.29 is 13.2 Å². The first kappa shape index (κ1) is 21.8. The number of rotatable bonds is 5. The highest BCUT2D eigenvalue weighted by atomic mass is 32.2. The summed E-state index contributed by atoms with van der Waals surface area (Å²) in [5.41, 5.74) is 5.64. The molecule has 0 aliphatic heterocycles. The Morgan fingerprint density at radius 2 is 1.63 bits per heavy atom. The normalized spacial score (nSPS) is 12.6. The minimum absolute atomic E-state index is 0.0679. The molecular formula is C24H28N2O3S. The predicted molar refractivity (Wildman–Crippen MR) is 120 cm³/mol. The van der Waals surface area contributed by atoms with Gasteiger partial charge in [0.05, 0.1) is 16.5 Å². The third-order valence-electron chi connectivity index (χ3n) is 5.61. The molecule has 1 aromatic heterocycles. The molecule has 0 N–H and O–H groups in total. The molecule has 0 bridgehead atoms. The molecule has 30 heavy (non-hydrogen) atoms. The zero-order chi connectivity index (χ0) is 22.2. The van der Waals surface area contributed by atoms with Gasteiger partial charge in [-0.25, -0.2) is 8.42 Å². The van der Waals surface area contributed by atoms with Crippen LogP contribution < -0.4 is 0 Å². The van der Waals surface area contributed by atoms with E-state index in [1.54, 1.807) is 36.2 Å². The van der Waals surface area contributed by atoms with Gasteiger partial charge in [-0.15, -0.1) is 0 Å². The van der Waals surface area contributed by atoms with Crippen LogP contribution in [0.15, 0.2) is 59.5 Å². The number of aromatic nitrogens is 1. The monoisotopic (exact) mass is 424 g/mol. The fraction of sp³-hybridized carbons (Fsp3) is 0.292. The van der Waals surface area contributed by atoms with E-state index in [9.17, 15) is 13.2 Å². The quantitative estimate of drug-likeness (QED) is 0.600. The zero-order valence-electron chi connectivity index (χ0n) is 18.3. The summed E-state index contributed by atoms with van der Waals surface area (Å²) in [4.78, 5) is 15.3. The fourth-order valence-electron chi connectivity index (χ4n) is 3.73. The van der Waals surface area contributed by atoms with E-state index in [1.807, 2.05) is 52.0 Å². The molecule has 158 valence electrons. The zero-order valence-corrected chi connectivity index (χ0v) is 19.1. The van der Waals surface area contributed by atoms with Crippen LogP contribution in [0.2, 0.25) is 0 Å². The van der Waals surface area contributed by atoms with E-state index in [2.05, 4.69) is 10.6 Å². The molecular weight excluding hydrogens is 396 g/mol. The number of aryl methyl sites for hydroxylation is 2. The number of benzene rings is 2. The van der Waals surface area contributed by atoms with Crippen molar-refractivity contribution in [1.82, 2.24) is 9.47 Å². The van der Waals surface area contributed by atoms with Gasteiger partial charge in [-0.2, -0.15) is 0 Å². The van der Waals surface area contributed by atoms with E-state index in [0.717, 1.165) is 28.2 Å². The molecule has 2 aromatic carbocycles. The number of sulfone groups is 1. The first-order valence-corrected chi connectivity index (χ1v) is 11.7. The van der Waals surface area contributed by atoms with Crippen molar-refractivity contribution in [2.24, 2.45) is 0 Å². The second-order valence-electron chi connectivity index (χ2n) is 7.89. The molecule has 0 radical (unpaired) electrons. The first-order chi connectivity index (χ1) is 14.0. The average molecular weight is 425 g/mol. The third-order valence-corrected chi connectivity index (χ3v) is 6.74. The summed E-state index contributed by atoms with van der Waals surface area (Å²) in [6, 6.07) is 16.6. The van der Waals surface area contributed by atoms with Gasteiger partial charge in [0.25, 0.3) is 5.91 Å². The second-order valence-corrected chi connectivity index (χ2v) is 9.91. The van der Waals surface area contributed by atoms with E-state index in [1.165, 1.54) is 6.26 Å². The van der Waals surface area contributed by atoms with Crippen molar-refractivity contribution in [2.75, 3.05) is 13.3 Å². The van der Waals surface area contributed by atoms with Crippen molar-refractivity contribution in [3.05, 3.63) is 82.7 Å². The lowest BCUT2D eigenvalue weighted by molar-refractivity contribution is 0.0742. The number of hydrogen-bond acceptors (Lipinski definition) is 3. The van der Waals surface area contributed by atoms with E-state index in [0.29, 0.717) is 5.56 Å². The van der Waals surface area contributed by atoms with Crippen LogP contribution in [-0.2, 0) is 9.84 Å². The summed E-state index contributed by atoms with van der Waals surface area (Å²) < 4.78 is 25.5. The summed E-state index contributed by atoms with van der Waals surface area (Å²) >= 11 is 0. The van der Waals surface area contributed by atoms with Crippen molar-refractivity contribution in [2.45, 2.75) is 38.6 Å². The highest BCUT2D eigenvalue weighted by Gasteiger charge is 2.24. The maximum atomic E-state index is 13.3. The van der Waals surface area contributed by atoms with Gasteiger partial charge in [-0.3, -0.25) is 4.79 Å². The molecule has 0 fully saturated rings. The smallest absolute Gasteiger partial charge is 0.255 e. The minimum atomic E-state index is -3.25. The molecule has 3 rings (SSSR count). The topological polar surface area (TPSA) is 59.4 Å². The number of nitrogens with zero attached hydrogens (tertiary/aromatic N) is 2. The Hall–Kier alpha value is -2.86. The maximum absolute atomic E-state index is 13.3. The molecule has 0 aliphatic rings. The summed E-state index contributed by atoms with van der Waals surface area (Å²) in [5, 5.41) is 0. The third kappa shape index (κ3) is 4.19. The Morgan fingerprint density at radius 1 is 1.00 bits per heavy atom. The molecule has 0 aliphatic carbocycles. The van der Waals surface area contributed by atoms with Crippen LogP contribution in [0.25, 0.3) is 5.69 Å². The average Bonchev–Trinajstić information content (AvgIpc) is 2.99. The van der Waals surface area contributed by atoms with Gasteiger partial charge in [-0.05, 0) is 69.2 Å². The van der Waals surface area contributed by atoms with E-state index >= 15 is 0 Å². The van der Waals surface area contributed by atoms with Crippen LogP contribution >= 0.6 is 0 Å². The molecule has 0 unspecified atom stereocenters. The number of carbonyl (C=O) groups is 1. The van der Waals surface area contributed by atoms with Gasteiger partial charge in [-0.1, -0.05) is 24.3 Å². The number of amides is 1. The molecule has 1 heterocycles. The summed E-state index contributed by atoms with van der Waals surface area (Å²) in [6.45, 7) is 7.95. The molecule has 0 saturated carbocycles. The summed E-state index contributed by atoms with van der Waals surface area (Å²) in [5.74, 6) is -0.0679. The van der Waals surface area contributed by atoms with Crippen molar-refractivity contribution in [3.8, 4) is 5.69 Å². The SMILES string of the molecule is Cc1cccc(-n2c(C)cc(C(=O)N(C)[C@@H](C)c3ccc(S(C)(=O)=O)cc3)c2C)c1. The van der Waals surface area contributed by atoms with Crippen molar-refractivity contribution in [3.63, 3.8) is 0 Å². The Bertz CT molecular complexity index is 1190. The highest BCUT2D eigenvalue weighted by molar-refractivity contribution is 7.90. The van der Waals surface area contributed by atoms with E-state index < -0.39 is 9.84 Å².